The number of ether oxygens (including phenoxy) is 1. The molecule has 20 heavy (non-hydrogen) atoms. The number of halogens is 2. The zero-order valence-corrected chi connectivity index (χ0v) is 13.6. The first-order valence-corrected chi connectivity index (χ1v) is 8.25. The molecule has 1 N–H and O–H groups in total. The minimum absolute atomic E-state index is 0.116. The fraction of sp³-hybridized carbons (Fsp3) is 0.625. The second-order valence-corrected chi connectivity index (χ2v) is 6.37. The third-order valence-electron chi connectivity index (χ3n) is 3.95. The Morgan fingerprint density at radius 1 is 1.40 bits per heavy atom. The summed E-state index contributed by atoms with van der Waals surface area (Å²) in [6, 6.07) is 5.70. The van der Waals surface area contributed by atoms with Gasteiger partial charge in [-0.15, -0.1) is 0 Å². The molecule has 1 aromatic rings. The number of nitrogens with one attached hydrogen (secondary N) is 1. The molecule has 1 aromatic carbocycles. The number of hydrogen-bond donors (Lipinski definition) is 1. The Morgan fingerprint density at radius 2 is 2.15 bits per heavy atom. The number of hydrogen-bond acceptors (Lipinski definition) is 2. The van der Waals surface area contributed by atoms with Crippen LogP contribution in [0.1, 0.15) is 31.7 Å². The maximum absolute atomic E-state index is 14.0. The first-order chi connectivity index (χ1) is 9.70. The lowest BCUT2D eigenvalue weighted by Gasteiger charge is -2.31. The van der Waals surface area contributed by atoms with Gasteiger partial charge in [0, 0.05) is 23.7 Å². The summed E-state index contributed by atoms with van der Waals surface area (Å²) < 4.78 is 20.2. The zero-order valence-electron chi connectivity index (χ0n) is 12.0. The molecular formula is C16H23BrFNO. The van der Waals surface area contributed by atoms with Crippen LogP contribution in [0.2, 0.25) is 0 Å². The van der Waals surface area contributed by atoms with Gasteiger partial charge in [0.05, 0.1) is 0 Å². The fourth-order valence-electron chi connectivity index (χ4n) is 2.78. The first kappa shape index (κ1) is 15.9. The lowest BCUT2D eigenvalue weighted by Crippen LogP contribution is -2.41. The highest BCUT2D eigenvalue weighted by Crippen LogP contribution is 2.24. The summed E-state index contributed by atoms with van der Waals surface area (Å²) in [6.07, 6.45) is 3.99. The molecule has 0 aromatic heterocycles. The summed E-state index contributed by atoms with van der Waals surface area (Å²) in [4.78, 5) is 0. The molecule has 0 radical (unpaired) electrons. The molecule has 1 saturated heterocycles. The quantitative estimate of drug-likeness (QED) is 0.844. The molecule has 0 aliphatic carbocycles. The normalized spacial score (nSPS) is 18.1. The van der Waals surface area contributed by atoms with Crippen LogP contribution in [0.5, 0.6) is 0 Å². The van der Waals surface area contributed by atoms with E-state index in [0.717, 1.165) is 55.5 Å². The third kappa shape index (κ3) is 4.54. The van der Waals surface area contributed by atoms with Crippen molar-refractivity contribution in [2.75, 3.05) is 19.8 Å². The van der Waals surface area contributed by atoms with E-state index < -0.39 is 0 Å². The maximum Gasteiger partial charge on any atom is 0.127 e. The highest BCUT2D eigenvalue weighted by Gasteiger charge is 2.24. The average molecular weight is 344 g/mol. The molecule has 2 nitrogen and oxygen atoms in total. The first-order valence-electron chi connectivity index (χ1n) is 7.45. The van der Waals surface area contributed by atoms with Crippen LogP contribution in [0, 0.1) is 11.7 Å². The minimum atomic E-state index is -0.116. The van der Waals surface area contributed by atoms with Crippen LogP contribution in [0.25, 0.3) is 0 Å². The van der Waals surface area contributed by atoms with Gasteiger partial charge in [-0.05, 0) is 55.8 Å². The summed E-state index contributed by atoms with van der Waals surface area (Å²) in [7, 11) is 0. The summed E-state index contributed by atoms with van der Waals surface area (Å²) in [6.45, 7) is 4.81. The molecule has 0 bridgehead atoms. The van der Waals surface area contributed by atoms with E-state index in [-0.39, 0.29) is 5.82 Å². The Kier molecular flexibility index (Phi) is 6.46. The van der Waals surface area contributed by atoms with Gasteiger partial charge in [0.15, 0.2) is 0 Å². The van der Waals surface area contributed by atoms with Crippen molar-refractivity contribution in [1.29, 1.82) is 0 Å². The molecule has 0 saturated carbocycles. The molecule has 0 amide bonds. The molecule has 0 spiro atoms. The molecule has 1 atom stereocenters. The number of benzene rings is 1. The summed E-state index contributed by atoms with van der Waals surface area (Å²) >= 11 is 3.31. The van der Waals surface area contributed by atoms with Gasteiger partial charge in [0.25, 0.3) is 0 Å². The topological polar surface area (TPSA) is 21.3 Å². The van der Waals surface area contributed by atoms with E-state index in [1.807, 2.05) is 12.1 Å². The van der Waals surface area contributed by atoms with Crippen molar-refractivity contribution < 1.29 is 9.13 Å². The molecule has 1 unspecified atom stereocenters. The molecule has 4 heteroatoms. The van der Waals surface area contributed by atoms with Crippen LogP contribution < -0.4 is 5.32 Å². The monoisotopic (exact) mass is 343 g/mol. The van der Waals surface area contributed by atoms with Crippen LogP contribution in [0.15, 0.2) is 22.7 Å². The van der Waals surface area contributed by atoms with Crippen molar-refractivity contribution in [3.63, 3.8) is 0 Å². The predicted octanol–water partition coefficient (Wildman–Crippen LogP) is 3.93. The second-order valence-electron chi connectivity index (χ2n) is 5.45. The van der Waals surface area contributed by atoms with Gasteiger partial charge in [0.1, 0.15) is 5.82 Å². The SMILES string of the molecule is CCCNC(Cc1ccc(Br)cc1F)C1CCOCC1. The molecule has 1 aliphatic rings. The van der Waals surface area contributed by atoms with Gasteiger partial charge in [-0.3, -0.25) is 0 Å². The van der Waals surface area contributed by atoms with Crippen LogP contribution in [-0.2, 0) is 11.2 Å². The Bertz CT molecular complexity index is 421. The van der Waals surface area contributed by atoms with Crippen molar-refractivity contribution in [2.45, 2.75) is 38.6 Å². The van der Waals surface area contributed by atoms with Crippen molar-refractivity contribution in [2.24, 2.45) is 5.92 Å². The predicted molar refractivity (Wildman–Crippen MR) is 83.4 cm³/mol. The van der Waals surface area contributed by atoms with Crippen molar-refractivity contribution in [1.82, 2.24) is 5.32 Å². The average Bonchev–Trinajstić information content (AvgIpc) is 2.46. The molecule has 1 heterocycles. The van der Waals surface area contributed by atoms with E-state index in [2.05, 4.69) is 28.2 Å². The Morgan fingerprint density at radius 3 is 2.80 bits per heavy atom. The molecule has 1 aliphatic heterocycles. The summed E-state index contributed by atoms with van der Waals surface area (Å²) in [5, 5.41) is 3.60. The van der Waals surface area contributed by atoms with E-state index in [4.69, 9.17) is 4.74 Å². The van der Waals surface area contributed by atoms with Crippen LogP contribution in [-0.4, -0.2) is 25.8 Å². The van der Waals surface area contributed by atoms with Crippen LogP contribution in [0.4, 0.5) is 4.39 Å². The molecule has 1 fully saturated rings. The highest BCUT2D eigenvalue weighted by molar-refractivity contribution is 9.10. The zero-order chi connectivity index (χ0) is 14.4. The Hall–Kier alpha value is -0.450. The standard InChI is InChI=1S/C16H23BrFNO/c1-2-7-19-16(12-5-8-20-9-6-12)10-13-3-4-14(17)11-15(13)18/h3-4,11-12,16,19H,2,5-10H2,1H3. The molecule has 2 rings (SSSR count). The maximum atomic E-state index is 14.0. The van der Waals surface area contributed by atoms with E-state index in [0.29, 0.717) is 12.0 Å². The van der Waals surface area contributed by atoms with E-state index in [1.54, 1.807) is 6.07 Å². The van der Waals surface area contributed by atoms with Crippen molar-refractivity contribution in [3.05, 3.63) is 34.1 Å². The van der Waals surface area contributed by atoms with Gasteiger partial charge >= 0.3 is 0 Å². The van der Waals surface area contributed by atoms with Crippen molar-refractivity contribution >= 4 is 15.9 Å². The van der Waals surface area contributed by atoms with Crippen LogP contribution >= 0.6 is 15.9 Å². The fourth-order valence-corrected chi connectivity index (χ4v) is 3.11. The van der Waals surface area contributed by atoms with Gasteiger partial charge in [-0.2, -0.15) is 0 Å². The summed E-state index contributed by atoms with van der Waals surface area (Å²) in [5.41, 5.74) is 0.799. The van der Waals surface area contributed by atoms with Gasteiger partial charge in [0.2, 0.25) is 0 Å². The lowest BCUT2D eigenvalue weighted by atomic mass is 9.87. The van der Waals surface area contributed by atoms with Crippen molar-refractivity contribution in [3.8, 4) is 0 Å². The molecule has 112 valence electrons. The van der Waals surface area contributed by atoms with Gasteiger partial charge < -0.3 is 10.1 Å². The Balaban J connectivity index is 2.05. The minimum Gasteiger partial charge on any atom is -0.381 e. The second kappa shape index (κ2) is 8.11. The number of rotatable bonds is 6. The third-order valence-corrected chi connectivity index (χ3v) is 4.44. The van der Waals surface area contributed by atoms with E-state index >= 15 is 0 Å². The van der Waals surface area contributed by atoms with Gasteiger partial charge in [-0.1, -0.05) is 28.9 Å². The van der Waals surface area contributed by atoms with E-state index in [9.17, 15) is 4.39 Å². The van der Waals surface area contributed by atoms with Crippen LogP contribution in [0.3, 0.4) is 0 Å². The largest absolute Gasteiger partial charge is 0.381 e. The lowest BCUT2D eigenvalue weighted by molar-refractivity contribution is 0.0537. The molecular weight excluding hydrogens is 321 g/mol. The Labute approximate surface area is 129 Å². The summed E-state index contributed by atoms with van der Waals surface area (Å²) in [5.74, 6) is 0.466. The van der Waals surface area contributed by atoms with E-state index in [1.165, 1.54) is 0 Å². The highest BCUT2D eigenvalue weighted by atomic mass is 79.9. The smallest absolute Gasteiger partial charge is 0.127 e. The van der Waals surface area contributed by atoms with Gasteiger partial charge in [-0.25, -0.2) is 4.39 Å².